The maximum Gasteiger partial charge on any atom is 0.293 e. The minimum absolute atomic E-state index is 0.222. The SMILES string of the molecule is CCN1CCC[C@@H]1CNCc1cn(Cc2ccc(F)cc2F)c2cnc(C(=O)NOC)cc12. The van der Waals surface area contributed by atoms with E-state index in [2.05, 4.69) is 27.6 Å². The molecule has 33 heavy (non-hydrogen) atoms. The van der Waals surface area contributed by atoms with E-state index in [-0.39, 0.29) is 12.2 Å². The van der Waals surface area contributed by atoms with Gasteiger partial charge in [0.05, 0.1) is 25.4 Å². The van der Waals surface area contributed by atoms with E-state index in [1.807, 2.05) is 10.8 Å². The molecule has 0 aliphatic carbocycles. The van der Waals surface area contributed by atoms with Crippen LogP contribution in [0.4, 0.5) is 8.78 Å². The Morgan fingerprint density at radius 3 is 2.88 bits per heavy atom. The minimum atomic E-state index is -0.609. The highest BCUT2D eigenvalue weighted by atomic mass is 19.1. The van der Waals surface area contributed by atoms with Gasteiger partial charge in [0.2, 0.25) is 0 Å². The van der Waals surface area contributed by atoms with Crippen LogP contribution in [-0.2, 0) is 17.9 Å². The van der Waals surface area contributed by atoms with Gasteiger partial charge in [-0.05, 0) is 43.6 Å². The fourth-order valence-electron chi connectivity index (χ4n) is 4.55. The Kier molecular flexibility index (Phi) is 7.32. The van der Waals surface area contributed by atoms with Gasteiger partial charge in [-0.25, -0.2) is 19.2 Å². The number of nitrogens with zero attached hydrogens (tertiary/aromatic N) is 3. The number of rotatable bonds is 9. The lowest BCUT2D eigenvalue weighted by Crippen LogP contribution is -2.37. The molecule has 1 fully saturated rings. The zero-order chi connectivity index (χ0) is 23.4. The van der Waals surface area contributed by atoms with Crippen LogP contribution in [0.3, 0.4) is 0 Å². The maximum absolute atomic E-state index is 14.3. The Morgan fingerprint density at radius 2 is 2.12 bits per heavy atom. The molecule has 9 heteroatoms. The van der Waals surface area contributed by atoms with Gasteiger partial charge in [-0.2, -0.15) is 0 Å². The molecule has 0 radical (unpaired) electrons. The van der Waals surface area contributed by atoms with Gasteiger partial charge in [0, 0.05) is 42.3 Å². The number of hydrogen-bond donors (Lipinski definition) is 2. The number of aromatic nitrogens is 2. The van der Waals surface area contributed by atoms with Gasteiger partial charge in [-0.3, -0.25) is 14.5 Å². The van der Waals surface area contributed by atoms with Gasteiger partial charge in [-0.1, -0.05) is 13.0 Å². The van der Waals surface area contributed by atoms with Crippen molar-refractivity contribution in [1.82, 2.24) is 25.2 Å². The predicted octanol–water partition coefficient (Wildman–Crippen LogP) is 3.23. The normalized spacial score (nSPS) is 16.5. The highest BCUT2D eigenvalue weighted by Crippen LogP contribution is 2.24. The number of carbonyl (C=O) groups is 1. The number of benzene rings is 1. The lowest BCUT2D eigenvalue weighted by Gasteiger charge is -2.22. The predicted molar refractivity (Wildman–Crippen MR) is 122 cm³/mol. The van der Waals surface area contributed by atoms with Crippen molar-refractivity contribution in [2.24, 2.45) is 0 Å². The second kappa shape index (κ2) is 10.4. The molecule has 4 rings (SSSR count). The summed E-state index contributed by atoms with van der Waals surface area (Å²) >= 11 is 0. The molecule has 2 N–H and O–H groups in total. The zero-order valence-corrected chi connectivity index (χ0v) is 18.9. The molecule has 1 aliphatic heterocycles. The molecular formula is C24H29F2N5O2. The van der Waals surface area contributed by atoms with Crippen molar-refractivity contribution >= 4 is 16.8 Å². The average Bonchev–Trinajstić information content (AvgIpc) is 3.40. The summed E-state index contributed by atoms with van der Waals surface area (Å²) in [6.07, 6.45) is 5.93. The van der Waals surface area contributed by atoms with Crippen molar-refractivity contribution in [2.45, 2.75) is 38.9 Å². The number of hydroxylamine groups is 1. The van der Waals surface area contributed by atoms with E-state index in [0.717, 1.165) is 42.2 Å². The number of likely N-dealkylation sites (N-methyl/N-ethyl adjacent to an activating group) is 1. The molecule has 0 unspecified atom stereocenters. The van der Waals surface area contributed by atoms with Crippen molar-refractivity contribution in [2.75, 3.05) is 26.7 Å². The van der Waals surface area contributed by atoms with Crippen LogP contribution in [0.1, 0.15) is 41.4 Å². The van der Waals surface area contributed by atoms with Crippen LogP contribution in [0.15, 0.2) is 36.7 Å². The third-order valence-corrected chi connectivity index (χ3v) is 6.23. The number of halogens is 2. The molecule has 1 atom stereocenters. The molecule has 1 saturated heterocycles. The van der Waals surface area contributed by atoms with Gasteiger partial charge in [0.15, 0.2) is 0 Å². The number of amides is 1. The molecule has 0 bridgehead atoms. The second-order valence-electron chi connectivity index (χ2n) is 8.30. The van der Waals surface area contributed by atoms with E-state index < -0.39 is 17.5 Å². The molecule has 1 aliphatic rings. The summed E-state index contributed by atoms with van der Waals surface area (Å²) in [5.74, 6) is -1.65. The molecule has 2 aromatic heterocycles. The Balaban J connectivity index is 1.61. The standard InChI is InChI=1S/C24H29F2N5O2/c1-3-30-8-4-5-19(30)12-27-11-17-15-31(14-16-6-7-18(25)9-21(16)26)23-13-28-22(10-20(17)23)24(32)29-33-2/h6-7,9-10,13,15,19,27H,3-5,8,11-12,14H2,1-2H3,(H,29,32)/t19-/m1/s1. The number of likely N-dealkylation sites (tertiary alicyclic amines) is 1. The van der Waals surface area contributed by atoms with Gasteiger partial charge in [0.1, 0.15) is 17.3 Å². The smallest absolute Gasteiger partial charge is 0.293 e. The average molecular weight is 458 g/mol. The molecule has 7 nitrogen and oxygen atoms in total. The summed E-state index contributed by atoms with van der Waals surface area (Å²) < 4.78 is 29.5. The number of nitrogens with one attached hydrogen (secondary N) is 2. The van der Waals surface area contributed by atoms with Crippen LogP contribution in [0.5, 0.6) is 0 Å². The number of carbonyl (C=O) groups excluding carboxylic acids is 1. The van der Waals surface area contributed by atoms with Crippen LogP contribution in [0, 0.1) is 11.6 Å². The van der Waals surface area contributed by atoms with Crippen molar-refractivity contribution in [3.8, 4) is 0 Å². The van der Waals surface area contributed by atoms with Crippen molar-refractivity contribution in [3.05, 3.63) is 65.1 Å². The molecule has 0 spiro atoms. The summed E-state index contributed by atoms with van der Waals surface area (Å²) in [4.78, 5) is 23.7. The lowest BCUT2D eigenvalue weighted by atomic mass is 10.1. The first-order valence-corrected chi connectivity index (χ1v) is 11.2. The largest absolute Gasteiger partial charge is 0.341 e. The fourth-order valence-corrected chi connectivity index (χ4v) is 4.55. The lowest BCUT2D eigenvalue weighted by molar-refractivity contribution is 0.0532. The molecule has 0 saturated carbocycles. The van der Waals surface area contributed by atoms with E-state index in [0.29, 0.717) is 18.2 Å². The van der Waals surface area contributed by atoms with Crippen LogP contribution in [-0.4, -0.2) is 53.1 Å². The molecule has 1 aromatic carbocycles. The van der Waals surface area contributed by atoms with Crippen LogP contribution in [0.25, 0.3) is 10.9 Å². The molecular weight excluding hydrogens is 428 g/mol. The van der Waals surface area contributed by atoms with Gasteiger partial charge in [0.25, 0.3) is 5.91 Å². The Bertz CT molecular complexity index is 1130. The second-order valence-corrected chi connectivity index (χ2v) is 8.30. The van der Waals surface area contributed by atoms with E-state index in [1.54, 1.807) is 12.3 Å². The summed E-state index contributed by atoms with van der Waals surface area (Å²) in [5.41, 5.74) is 4.62. The first-order valence-electron chi connectivity index (χ1n) is 11.2. The van der Waals surface area contributed by atoms with Gasteiger partial charge < -0.3 is 9.88 Å². The maximum atomic E-state index is 14.3. The monoisotopic (exact) mass is 457 g/mol. The summed E-state index contributed by atoms with van der Waals surface area (Å²) in [6.45, 7) is 6.04. The summed E-state index contributed by atoms with van der Waals surface area (Å²) in [6, 6.07) is 5.81. The van der Waals surface area contributed by atoms with Crippen molar-refractivity contribution < 1.29 is 18.4 Å². The van der Waals surface area contributed by atoms with Crippen molar-refractivity contribution in [1.29, 1.82) is 0 Å². The first-order chi connectivity index (χ1) is 16.0. The number of hydrogen-bond acceptors (Lipinski definition) is 5. The zero-order valence-electron chi connectivity index (χ0n) is 18.9. The molecule has 1 amide bonds. The van der Waals surface area contributed by atoms with E-state index in [4.69, 9.17) is 4.84 Å². The molecule has 176 valence electrons. The Morgan fingerprint density at radius 1 is 1.27 bits per heavy atom. The number of pyridine rings is 1. The summed E-state index contributed by atoms with van der Waals surface area (Å²) in [7, 11) is 1.36. The van der Waals surface area contributed by atoms with E-state index in [9.17, 15) is 13.6 Å². The minimum Gasteiger partial charge on any atom is -0.341 e. The quantitative estimate of drug-likeness (QED) is 0.483. The first kappa shape index (κ1) is 23.3. The van der Waals surface area contributed by atoms with Crippen molar-refractivity contribution in [3.63, 3.8) is 0 Å². The Hall–Kier alpha value is -2.88. The fraction of sp³-hybridized carbons (Fsp3) is 0.417. The summed E-state index contributed by atoms with van der Waals surface area (Å²) in [5, 5.41) is 4.39. The molecule has 3 heterocycles. The topological polar surface area (TPSA) is 71.4 Å². The van der Waals surface area contributed by atoms with Gasteiger partial charge in [-0.15, -0.1) is 0 Å². The Labute approximate surface area is 191 Å². The third kappa shape index (κ3) is 5.21. The van der Waals surface area contributed by atoms with E-state index in [1.165, 1.54) is 32.1 Å². The molecule has 3 aromatic rings. The third-order valence-electron chi connectivity index (χ3n) is 6.23. The van der Waals surface area contributed by atoms with E-state index >= 15 is 0 Å². The highest BCUT2D eigenvalue weighted by Gasteiger charge is 2.22. The van der Waals surface area contributed by atoms with Crippen LogP contribution >= 0.6 is 0 Å². The van der Waals surface area contributed by atoms with Gasteiger partial charge >= 0.3 is 0 Å². The van der Waals surface area contributed by atoms with Crippen LogP contribution < -0.4 is 10.8 Å². The highest BCUT2D eigenvalue weighted by molar-refractivity contribution is 5.96. The number of fused-ring (bicyclic) bond motifs is 1. The van der Waals surface area contributed by atoms with Crippen LogP contribution in [0.2, 0.25) is 0 Å².